The number of benzene rings is 1. The SMILES string of the molecule is COCCn1c(CCCCCNC(=O)COC)nc2ccccc21. The van der Waals surface area contributed by atoms with Gasteiger partial charge in [0, 0.05) is 33.7 Å². The number of hydrogen-bond donors (Lipinski definition) is 1. The average Bonchev–Trinajstić information content (AvgIpc) is 2.94. The van der Waals surface area contributed by atoms with Crippen molar-refractivity contribution < 1.29 is 14.3 Å². The molecule has 0 aliphatic carbocycles. The summed E-state index contributed by atoms with van der Waals surface area (Å²) in [5, 5.41) is 2.84. The molecule has 1 amide bonds. The lowest BCUT2D eigenvalue weighted by Gasteiger charge is -2.09. The number of hydrogen-bond acceptors (Lipinski definition) is 4. The first-order chi connectivity index (χ1) is 11.8. The molecule has 2 rings (SSSR count). The lowest BCUT2D eigenvalue weighted by atomic mass is 10.2. The van der Waals surface area contributed by atoms with Crippen LogP contribution in [0, 0.1) is 0 Å². The minimum Gasteiger partial charge on any atom is -0.383 e. The highest BCUT2D eigenvalue weighted by molar-refractivity contribution is 5.77. The molecule has 6 nitrogen and oxygen atoms in total. The Labute approximate surface area is 143 Å². The minimum absolute atomic E-state index is 0.0566. The lowest BCUT2D eigenvalue weighted by Crippen LogP contribution is -2.27. The highest BCUT2D eigenvalue weighted by Crippen LogP contribution is 2.17. The number of aryl methyl sites for hydroxylation is 1. The van der Waals surface area contributed by atoms with Crippen molar-refractivity contribution in [1.82, 2.24) is 14.9 Å². The summed E-state index contributed by atoms with van der Waals surface area (Å²) in [7, 11) is 3.24. The summed E-state index contributed by atoms with van der Waals surface area (Å²) in [6.45, 7) is 2.32. The van der Waals surface area contributed by atoms with Gasteiger partial charge in [0.15, 0.2) is 0 Å². The van der Waals surface area contributed by atoms with Crippen molar-refractivity contribution in [2.24, 2.45) is 0 Å². The number of unbranched alkanes of at least 4 members (excludes halogenated alkanes) is 2. The van der Waals surface area contributed by atoms with E-state index in [1.54, 1.807) is 7.11 Å². The fraction of sp³-hybridized carbons (Fsp3) is 0.556. The topological polar surface area (TPSA) is 65.4 Å². The van der Waals surface area contributed by atoms with Gasteiger partial charge in [0.25, 0.3) is 0 Å². The molecule has 0 aliphatic rings. The molecule has 2 aromatic rings. The Morgan fingerprint density at radius 2 is 2.00 bits per heavy atom. The Morgan fingerprint density at radius 3 is 2.79 bits per heavy atom. The summed E-state index contributed by atoms with van der Waals surface area (Å²) >= 11 is 0. The van der Waals surface area contributed by atoms with Crippen LogP contribution in [0.5, 0.6) is 0 Å². The molecule has 0 radical (unpaired) electrons. The summed E-state index contributed by atoms with van der Waals surface area (Å²) in [5.41, 5.74) is 2.20. The van der Waals surface area contributed by atoms with Gasteiger partial charge in [-0.25, -0.2) is 4.98 Å². The van der Waals surface area contributed by atoms with Gasteiger partial charge in [0.1, 0.15) is 12.4 Å². The maximum atomic E-state index is 11.3. The average molecular weight is 333 g/mol. The smallest absolute Gasteiger partial charge is 0.245 e. The maximum Gasteiger partial charge on any atom is 0.245 e. The van der Waals surface area contributed by atoms with Crippen LogP contribution < -0.4 is 5.32 Å². The second-order valence-corrected chi connectivity index (χ2v) is 5.75. The van der Waals surface area contributed by atoms with E-state index >= 15 is 0 Å². The third-order valence-electron chi connectivity index (χ3n) is 3.93. The van der Waals surface area contributed by atoms with Gasteiger partial charge >= 0.3 is 0 Å². The van der Waals surface area contributed by atoms with E-state index in [4.69, 9.17) is 14.5 Å². The van der Waals surface area contributed by atoms with Gasteiger partial charge in [-0.05, 0) is 25.0 Å². The largest absolute Gasteiger partial charge is 0.383 e. The summed E-state index contributed by atoms with van der Waals surface area (Å²) in [5.74, 6) is 1.05. The Bertz CT molecular complexity index is 639. The number of nitrogens with zero attached hydrogens (tertiary/aromatic N) is 2. The molecule has 0 saturated heterocycles. The number of nitrogens with one attached hydrogen (secondary N) is 1. The fourth-order valence-corrected chi connectivity index (χ4v) is 2.74. The van der Waals surface area contributed by atoms with E-state index in [0.717, 1.165) is 49.1 Å². The molecule has 1 heterocycles. The number of methoxy groups -OCH3 is 2. The van der Waals surface area contributed by atoms with Gasteiger partial charge in [0.05, 0.1) is 17.6 Å². The fourth-order valence-electron chi connectivity index (χ4n) is 2.74. The van der Waals surface area contributed by atoms with Crippen LogP contribution in [0.2, 0.25) is 0 Å². The van der Waals surface area contributed by atoms with Gasteiger partial charge in [-0.3, -0.25) is 4.79 Å². The molecule has 0 bridgehead atoms. The molecule has 24 heavy (non-hydrogen) atoms. The van der Waals surface area contributed by atoms with E-state index in [9.17, 15) is 4.79 Å². The van der Waals surface area contributed by atoms with Crippen molar-refractivity contribution >= 4 is 16.9 Å². The number of carbonyl (C=O) groups is 1. The second-order valence-electron chi connectivity index (χ2n) is 5.75. The number of carbonyl (C=O) groups excluding carboxylic acids is 1. The Balaban J connectivity index is 1.82. The van der Waals surface area contributed by atoms with E-state index in [1.807, 2.05) is 18.2 Å². The number of imidazole rings is 1. The number of ether oxygens (including phenoxy) is 2. The van der Waals surface area contributed by atoms with Crippen LogP contribution in [0.1, 0.15) is 25.1 Å². The maximum absolute atomic E-state index is 11.3. The van der Waals surface area contributed by atoms with Crippen molar-refractivity contribution in [3.63, 3.8) is 0 Å². The third-order valence-corrected chi connectivity index (χ3v) is 3.93. The molecule has 0 saturated carbocycles. The van der Waals surface area contributed by atoms with Gasteiger partial charge in [0.2, 0.25) is 5.91 Å². The number of para-hydroxylation sites is 2. The van der Waals surface area contributed by atoms with Gasteiger partial charge in [-0.2, -0.15) is 0 Å². The summed E-state index contributed by atoms with van der Waals surface area (Å²) in [4.78, 5) is 16.0. The number of fused-ring (bicyclic) bond motifs is 1. The number of amides is 1. The summed E-state index contributed by atoms with van der Waals surface area (Å²) < 4.78 is 12.2. The highest BCUT2D eigenvalue weighted by atomic mass is 16.5. The predicted octanol–water partition coefficient (Wildman–Crippen LogP) is 2.16. The molecule has 1 aromatic carbocycles. The monoisotopic (exact) mass is 333 g/mol. The van der Waals surface area contributed by atoms with Gasteiger partial charge in [-0.15, -0.1) is 0 Å². The van der Waals surface area contributed by atoms with Crippen molar-refractivity contribution in [2.75, 3.05) is 34.0 Å². The van der Waals surface area contributed by atoms with E-state index < -0.39 is 0 Å². The van der Waals surface area contributed by atoms with E-state index in [-0.39, 0.29) is 12.5 Å². The molecular formula is C18H27N3O3. The number of rotatable bonds is 11. The Morgan fingerprint density at radius 1 is 1.17 bits per heavy atom. The van der Waals surface area contributed by atoms with Crippen LogP contribution in [0.25, 0.3) is 11.0 Å². The van der Waals surface area contributed by atoms with Crippen molar-refractivity contribution in [3.05, 3.63) is 30.1 Å². The molecule has 0 aliphatic heterocycles. The quantitative estimate of drug-likeness (QED) is 0.640. The molecule has 0 atom stereocenters. The molecular weight excluding hydrogens is 306 g/mol. The first kappa shape index (κ1) is 18.4. The molecule has 0 unspecified atom stereocenters. The molecule has 1 N–H and O–H groups in total. The van der Waals surface area contributed by atoms with Crippen LogP contribution in [0.4, 0.5) is 0 Å². The van der Waals surface area contributed by atoms with E-state index in [0.29, 0.717) is 13.2 Å². The minimum atomic E-state index is -0.0566. The molecule has 0 fully saturated rings. The van der Waals surface area contributed by atoms with E-state index in [2.05, 4.69) is 16.0 Å². The normalized spacial score (nSPS) is 11.1. The standard InChI is InChI=1S/C18H27N3O3/c1-23-13-12-21-16-9-6-5-8-15(16)20-17(21)10-4-3-7-11-19-18(22)14-24-2/h5-6,8-9H,3-4,7,10-14H2,1-2H3,(H,19,22). The lowest BCUT2D eigenvalue weighted by molar-refractivity contribution is -0.124. The highest BCUT2D eigenvalue weighted by Gasteiger charge is 2.09. The molecule has 1 aromatic heterocycles. The van der Waals surface area contributed by atoms with Crippen molar-refractivity contribution in [3.8, 4) is 0 Å². The van der Waals surface area contributed by atoms with Crippen LogP contribution in [-0.4, -0.2) is 49.4 Å². The molecule has 0 spiro atoms. The zero-order valence-electron chi connectivity index (χ0n) is 14.6. The van der Waals surface area contributed by atoms with Crippen LogP contribution in [0.3, 0.4) is 0 Å². The molecule has 132 valence electrons. The van der Waals surface area contributed by atoms with Crippen molar-refractivity contribution in [2.45, 2.75) is 32.2 Å². The summed E-state index contributed by atoms with van der Waals surface area (Å²) in [6, 6.07) is 8.21. The van der Waals surface area contributed by atoms with Crippen LogP contribution in [0.15, 0.2) is 24.3 Å². The van der Waals surface area contributed by atoms with Gasteiger partial charge in [-0.1, -0.05) is 18.6 Å². The second kappa shape index (κ2) is 10.1. The third kappa shape index (κ3) is 5.32. The van der Waals surface area contributed by atoms with E-state index in [1.165, 1.54) is 7.11 Å². The van der Waals surface area contributed by atoms with Crippen molar-refractivity contribution in [1.29, 1.82) is 0 Å². The predicted molar refractivity (Wildman–Crippen MR) is 94.0 cm³/mol. The van der Waals surface area contributed by atoms with Crippen LogP contribution >= 0.6 is 0 Å². The van der Waals surface area contributed by atoms with Crippen LogP contribution in [-0.2, 0) is 27.2 Å². The zero-order chi connectivity index (χ0) is 17.2. The first-order valence-electron chi connectivity index (χ1n) is 8.45. The Hall–Kier alpha value is -1.92. The van der Waals surface area contributed by atoms with Gasteiger partial charge < -0.3 is 19.4 Å². The summed E-state index contributed by atoms with van der Waals surface area (Å²) in [6.07, 6.45) is 4.01. The Kier molecular flexibility index (Phi) is 7.71. The molecule has 6 heteroatoms. The zero-order valence-corrected chi connectivity index (χ0v) is 14.6. The first-order valence-corrected chi connectivity index (χ1v) is 8.45. The number of aromatic nitrogens is 2.